The lowest BCUT2D eigenvalue weighted by Crippen LogP contribution is -2.39. The van der Waals surface area contributed by atoms with Crippen LogP contribution in [0.3, 0.4) is 0 Å². The van der Waals surface area contributed by atoms with E-state index in [2.05, 4.69) is 22.1 Å². The van der Waals surface area contributed by atoms with Crippen LogP contribution >= 0.6 is 0 Å². The lowest BCUT2D eigenvalue weighted by molar-refractivity contribution is -0.139. The average Bonchev–Trinajstić information content (AvgIpc) is 2.98. The third-order valence-electron chi connectivity index (χ3n) is 3.76. The van der Waals surface area contributed by atoms with Crippen molar-refractivity contribution in [3.8, 4) is 0 Å². The molecule has 1 unspecified atom stereocenters. The first kappa shape index (κ1) is 12.1. The second-order valence-electron chi connectivity index (χ2n) is 5.34. The Bertz CT molecular complexity index is 385. The number of nitrogens with one attached hydrogen (secondary N) is 1. The van der Waals surface area contributed by atoms with Gasteiger partial charge in [-0.05, 0) is 12.8 Å². The number of aromatic amines is 1. The van der Waals surface area contributed by atoms with Gasteiger partial charge in [0.05, 0.1) is 0 Å². The topological polar surface area (TPSA) is 61.9 Å². The Hall–Kier alpha value is -1.39. The Morgan fingerprint density at radius 2 is 2.41 bits per heavy atom. The van der Waals surface area contributed by atoms with Gasteiger partial charge in [-0.25, -0.2) is 4.98 Å². The van der Waals surface area contributed by atoms with Gasteiger partial charge in [0.15, 0.2) is 0 Å². The summed E-state index contributed by atoms with van der Waals surface area (Å²) in [6.45, 7) is 7.67. The fraction of sp³-hybridized carbons (Fsp3) is 0.750. The van der Waals surface area contributed by atoms with Crippen molar-refractivity contribution < 1.29 is 4.79 Å². The number of amides is 1. The molecular formula is C12H20N4O. The summed E-state index contributed by atoms with van der Waals surface area (Å²) >= 11 is 0. The number of likely N-dealkylation sites (tertiary alicyclic amines) is 1. The summed E-state index contributed by atoms with van der Waals surface area (Å²) < 4.78 is 0. The highest BCUT2D eigenvalue weighted by Gasteiger charge is 2.35. The van der Waals surface area contributed by atoms with Crippen LogP contribution in [-0.4, -0.2) is 39.1 Å². The van der Waals surface area contributed by atoms with E-state index in [0.717, 1.165) is 31.8 Å². The average molecular weight is 236 g/mol. The van der Waals surface area contributed by atoms with Gasteiger partial charge in [-0.15, -0.1) is 0 Å². The number of carbonyl (C=O) groups excluding carboxylic acids is 1. The summed E-state index contributed by atoms with van der Waals surface area (Å²) in [5.41, 5.74) is -0.254. The fourth-order valence-corrected chi connectivity index (χ4v) is 2.16. The van der Waals surface area contributed by atoms with Crippen LogP contribution in [0.4, 0.5) is 0 Å². The molecule has 94 valence electrons. The van der Waals surface area contributed by atoms with Gasteiger partial charge in [0.25, 0.3) is 0 Å². The Morgan fingerprint density at radius 1 is 1.65 bits per heavy atom. The third kappa shape index (κ3) is 2.33. The van der Waals surface area contributed by atoms with Crippen molar-refractivity contribution >= 4 is 5.91 Å². The van der Waals surface area contributed by atoms with Gasteiger partial charge in [-0.2, -0.15) is 5.10 Å². The maximum absolute atomic E-state index is 12.3. The molecule has 0 radical (unpaired) electrons. The molecule has 5 heteroatoms. The van der Waals surface area contributed by atoms with E-state index in [-0.39, 0.29) is 11.3 Å². The molecule has 0 saturated carbocycles. The van der Waals surface area contributed by atoms with Crippen molar-refractivity contribution in [3.63, 3.8) is 0 Å². The minimum Gasteiger partial charge on any atom is -0.341 e. The Balaban J connectivity index is 2.01. The normalized spacial score (nSPS) is 20.9. The summed E-state index contributed by atoms with van der Waals surface area (Å²) in [5.74, 6) is 1.46. The molecule has 5 nitrogen and oxygen atoms in total. The molecule has 0 spiro atoms. The second-order valence-corrected chi connectivity index (χ2v) is 5.34. The van der Waals surface area contributed by atoms with Crippen LogP contribution in [0.2, 0.25) is 0 Å². The number of hydrogen-bond acceptors (Lipinski definition) is 3. The van der Waals surface area contributed by atoms with Crippen LogP contribution in [0, 0.1) is 5.41 Å². The molecule has 1 aromatic heterocycles. The number of hydrogen-bond donors (Lipinski definition) is 1. The zero-order valence-electron chi connectivity index (χ0n) is 10.7. The number of rotatable bonds is 3. The molecule has 1 aliphatic heterocycles. The van der Waals surface area contributed by atoms with Crippen LogP contribution in [0.15, 0.2) is 6.33 Å². The summed E-state index contributed by atoms with van der Waals surface area (Å²) in [5, 5.41) is 6.75. The minimum absolute atomic E-state index is 0.252. The highest BCUT2D eigenvalue weighted by molar-refractivity contribution is 5.82. The van der Waals surface area contributed by atoms with Crippen molar-refractivity contribution in [2.24, 2.45) is 5.41 Å². The summed E-state index contributed by atoms with van der Waals surface area (Å²) in [6.07, 6.45) is 3.37. The molecule has 0 bridgehead atoms. The van der Waals surface area contributed by atoms with E-state index in [9.17, 15) is 4.79 Å². The van der Waals surface area contributed by atoms with Crippen molar-refractivity contribution in [2.45, 2.75) is 39.5 Å². The summed E-state index contributed by atoms with van der Waals surface area (Å²) in [7, 11) is 0. The monoisotopic (exact) mass is 236 g/mol. The zero-order chi connectivity index (χ0) is 12.5. The molecule has 1 aromatic rings. The maximum Gasteiger partial charge on any atom is 0.228 e. The predicted molar refractivity (Wildman–Crippen MR) is 64.4 cm³/mol. The number of nitrogens with zero attached hydrogens (tertiary/aromatic N) is 3. The predicted octanol–water partition coefficient (Wildman–Crippen LogP) is 1.56. The van der Waals surface area contributed by atoms with Gasteiger partial charge in [-0.1, -0.05) is 20.8 Å². The van der Waals surface area contributed by atoms with Gasteiger partial charge in [0.2, 0.25) is 5.91 Å². The first-order valence-corrected chi connectivity index (χ1v) is 6.19. The second kappa shape index (κ2) is 4.47. The third-order valence-corrected chi connectivity index (χ3v) is 3.76. The molecule has 1 atom stereocenters. The Labute approximate surface area is 102 Å². The molecular weight excluding hydrogens is 216 g/mol. The SMILES string of the molecule is CCC(C)(C)C(=O)N1CCC(c2ncn[nH]2)C1. The fourth-order valence-electron chi connectivity index (χ4n) is 2.16. The van der Waals surface area contributed by atoms with E-state index in [1.54, 1.807) is 0 Å². The molecule has 1 amide bonds. The van der Waals surface area contributed by atoms with Gasteiger partial charge < -0.3 is 4.90 Å². The van der Waals surface area contributed by atoms with E-state index in [4.69, 9.17) is 0 Å². The van der Waals surface area contributed by atoms with Crippen LogP contribution in [0.5, 0.6) is 0 Å². The van der Waals surface area contributed by atoms with Crippen molar-refractivity contribution in [3.05, 3.63) is 12.2 Å². The van der Waals surface area contributed by atoms with Crippen molar-refractivity contribution in [1.29, 1.82) is 0 Å². The number of carbonyl (C=O) groups is 1. The number of aromatic nitrogens is 3. The van der Waals surface area contributed by atoms with Gasteiger partial charge >= 0.3 is 0 Å². The summed E-state index contributed by atoms with van der Waals surface area (Å²) in [6, 6.07) is 0. The Kier molecular flexibility index (Phi) is 3.17. The van der Waals surface area contributed by atoms with Crippen LogP contribution in [0.1, 0.15) is 45.4 Å². The van der Waals surface area contributed by atoms with E-state index < -0.39 is 0 Å². The molecule has 17 heavy (non-hydrogen) atoms. The molecule has 1 aliphatic rings. The lowest BCUT2D eigenvalue weighted by Gasteiger charge is -2.28. The van der Waals surface area contributed by atoms with Crippen molar-refractivity contribution in [2.75, 3.05) is 13.1 Å². The summed E-state index contributed by atoms with van der Waals surface area (Å²) in [4.78, 5) is 18.4. The highest BCUT2D eigenvalue weighted by Crippen LogP contribution is 2.30. The van der Waals surface area contributed by atoms with E-state index in [1.165, 1.54) is 6.33 Å². The molecule has 0 aromatic carbocycles. The van der Waals surface area contributed by atoms with Gasteiger partial charge in [0.1, 0.15) is 12.2 Å². The Morgan fingerprint density at radius 3 is 3.00 bits per heavy atom. The van der Waals surface area contributed by atoms with Gasteiger partial charge in [-0.3, -0.25) is 9.89 Å². The molecule has 1 saturated heterocycles. The quantitative estimate of drug-likeness (QED) is 0.866. The standard InChI is InChI=1S/C12H20N4O/c1-4-12(2,3)11(17)16-6-5-9(7-16)10-13-8-14-15-10/h8-9H,4-7H2,1-3H3,(H,13,14,15). The van der Waals surface area contributed by atoms with E-state index in [1.807, 2.05) is 18.7 Å². The van der Waals surface area contributed by atoms with E-state index in [0.29, 0.717) is 5.92 Å². The van der Waals surface area contributed by atoms with E-state index >= 15 is 0 Å². The molecule has 2 heterocycles. The first-order chi connectivity index (χ1) is 8.04. The smallest absolute Gasteiger partial charge is 0.228 e. The van der Waals surface area contributed by atoms with Crippen molar-refractivity contribution in [1.82, 2.24) is 20.1 Å². The number of H-pyrrole nitrogens is 1. The molecule has 2 rings (SSSR count). The maximum atomic E-state index is 12.3. The molecule has 1 fully saturated rings. The lowest BCUT2D eigenvalue weighted by atomic mass is 9.88. The van der Waals surface area contributed by atoms with Gasteiger partial charge in [0, 0.05) is 24.4 Å². The molecule has 1 N–H and O–H groups in total. The molecule has 0 aliphatic carbocycles. The highest BCUT2D eigenvalue weighted by atomic mass is 16.2. The van der Waals surface area contributed by atoms with Crippen LogP contribution in [0.25, 0.3) is 0 Å². The first-order valence-electron chi connectivity index (χ1n) is 6.19. The largest absolute Gasteiger partial charge is 0.341 e. The van der Waals surface area contributed by atoms with Crippen LogP contribution < -0.4 is 0 Å². The minimum atomic E-state index is -0.254. The zero-order valence-corrected chi connectivity index (χ0v) is 10.7. The van der Waals surface area contributed by atoms with Crippen LogP contribution in [-0.2, 0) is 4.79 Å².